The molecule has 5 rings (SSSR count). The van der Waals surface area contributed by atoms with Crippen molar-refractivity contribution < 1.29 is 35.2 Å². The Kier molecular flexibility index (Phi) is 8.25. The molecule has 0 unspecified atom stereocenters. The molecule has 2 amide bonds. The topological polar surface area (TPSA) is 135 Å². The highest BCUT2D eigenvalue weighted by atomic mass is 32.2. The van der Waals surface area contributed by atoms with E-state index >= 15 is 4.39 Å². The van der Waals surface area contributed by atoms with Crippen LogP contribution < -0.4 is 16.4 Å². The Morgan fingerprint density at radius 3 is 2.40 bits per heavy atom. The number of nitrogens with zero attached hydrogens (tertiary/aromatic N) is 4. The SMILES string of the molecule is Nc1ncnn2c(CCCN3CCS(=O)(=O)CC3)cc(-c3ccc(NC(=O)Nc4cc(C(F)(F)F)ccc4F)c(F)c3)c12. The average Bonchev–Trinajstić information content (AvgIpc) is 3.31. The van der Waals surface area contributed by atoms with E-state index in [1.165, 1.54) is 18.5 Å². The Hall–Kier alpha value is -4.31. The van der Waals surface area contributed by atoms with E-state index in [9.17, 15) is 30.8 Å². The fourth-order valence-corrected chi connectivity index (χ4v) is 6.12. The van der Waals surface area contributed by atoms with E-state index in [4.69, 9.17) is 5.73 Å². The standard InChI is InChI=1S/C27H26F5N7O3S/c28-20-5-4-17(27(30,31)32)13-23(20)37-26(40)36-22-6-3-16(12-21(22)29)19-14-18(39-24(19)25(33)34-15-35-39)2-1-7-38-8-10-43(41,42)11-9-38/h3-6,12-15H,1-2,7-11H2,(H2,33,34,35)(H2,36,37,40). The number of hydrogen-bond acceptors (Lipinski definition) is 7. The van der Waals surface area contributed by atoms with Gasteiger partial charge < -0.3 is 21.3 Å². The molecule has 4 N–H and O–H groups in total. The minimum absolute atomic E-state index is 0.134. The maximum atomic E-state index is 15.1. The Morgan fingerprint density at radius 2 is 1.70 bits per heavy atom. The molecule has 2 aromatic carbocycles. The van der Waals surface area contributed by atoms with Gasteiger partial charge >= 0.3 is 12.2 Å². The van der Waals surface area contributed by atoms with Crippen molar-refractivity contribution in [2.24, 2.45) is 0 Å². The third kappa shape index (κ3) is 6.85. The number of nitrogens with two attached hydrogens (primary N) is 1. The minimum Gasteiger partial charge on any atom is -0.382 e. The molecule has 1 aliphatic heterocycles. The minimum atomic E-state index is -4.75. The summed E-state index contributed by atoms with van der Waals surface area (Å²) in [6, 6.07) is 6.09. The van der Waals surface area contributed by atoms with Crippen molar-refractivity contribution in [2.45, 2.75) is 19.0 Å². The van der Waals surface area contributed by atoms with Gasteiger partial charge in [-0.15, -0.1) is 0 Å². The van der Waals surface area contributed by atoms with Crippen LogP contribution in [0.4, 0.5) is 43.9 Å². The lowest BCUT2D eigenvalue weighted by Crippen LogP contribution is -2.40. The Bertz CT molecular complexity index is 1780. The van der Waals surface area contributed by atoms with Crippen LogP contribution in [0.1, 0.15) is 17.7 Å². The number of anilines is 3. The number of halogens is 5. The van der Waals surface area contributed by atoms with Crippen LogP contribution in [-0.4, -0.2) is 65.1 Å². The van der Waals surface area contributed by atoms with Crippen molar-refractivity contribution >= 4 is 38.6 Å². The lowest BCUT2D eigenvalue weighted by molar-refractivity contribution is -0.137. The molecule has 2 aromatic heterocycles. The van der Waals surface area contributed by atoms with Crippen LogP contribution in [0.2, 0.25) is 0 Å². The highest BCUT2D eigenvalue weighted by Crippen LogP contribution is 2.34. The van der Waals surface area contributed by atoms with Crippen molar-refractivity contribution in [3.05, 3.63) is 71.7 Å². The zero-order valence-corrected chi connectivity index (χ0v) is 23.3. The van der Waals surface area contributed by atoms with Crippen molar-refractivity contribution in [3.63, 3.8) is 0 Å². The van der Waals surface area contributed by atoms with Crippen LogP contribution in [0, 0.1) is 11.6 Å². The molecule has 0 spiro atoms. The zero-order valence-electron chi connectivity index (χ0n) is 22.5. The van der Waals surface area contributed by atoms with Crippen molar-refractivity contribution in [1.82, 2.24) is 19.5 Å². The Labute approximate surface area is 242 Å². The zero-order chi connectivity index (χ0) is 30.9. The molecule has 3 heterocycles. The third-order valence-corrected chi connectivity index (χ3v) is 8.68. The number of carbonyl (C=O) groups is 1. The highest BCUT2D eigenvalue weighted by molar-refractivity contribution is 7.91. The summed E-state index contributed by atoms with van der Waals surface area (Å²) in [5.41, 5.74) is 6.08. The van der Waals surface area contributed by atoms with E-state index in [-0.39, 0.29) is 23.0 Å². The Morgan fingerprint density at radius 1 is 0.977 bits per heavy atom. The first-order valence-corrected chi connectivity index (χ1v) is 14.9. The van der Waals surface area contributed by atoms with Crippen LogP contribution in [0.25, 0.3) is 16.6 Å². The predicted molar refractivity (Wildman–Crippen MR) is 150 cm³/mol. The average molecular weight is 624 g/mol. The first-order chi connectivity index (χ1) is 20.3. The van der Waals surface area contributed by atoms with Crippen LogP contribution in [0.5, 0.6) is 0 Å². The number of aryl methyl sites for hydroxylation is 1. The van der Waals surface area contributed by atoms with Gasteiger partial charge in [0.05, 0.1) is 28.4 Å². The molecule has 1 fully saturated rings. The van der Waals surface area contributed by atoms with Crippen molar-refractivity contribution in [1.29, 1.82) is 0 Å². The number of sulfone groups is 1. The fourth-order valence-electron chi connectivity index (χ4n) is 4.85. The van der Waals surface area contributed by atoms with Gasteiger partial charge in [-0.3, -0.25) is 0 Å². The largest absolute Gasteiger partial charge is 0.416 e. The van der Waals surface area contributed by atoms with Gasteiger partial charge in [0, 0.05) is 24.3 Å². The van der Waals surface area contributed by atoms with Crippen LogP contribution in [0.3, 0.4) is 0 Å². The number of hydrogen-bond donors (Lipinski definition) is 3. The normalized spacial score (nSPS) is 15.5. The maximum absolute atomic E-state index is 15.1. The number of carbonyl (C=O) groups excluding carboxylic acids is 1. The van der Waals surface area contributed by atoms with Crippen LogP contribution >= 0.6 is 0 Å². The monoisotopic (exact) mass is 623 g/mol. The second-order valence-corrected chi connectivity index (χ2v) is 12.3. The lowest BCUT2D eigenvalue weighted by atomic mass is 10.1. The molecule has 0 aliphatic carbocycles. The van der Waals surface area contributed by atoms with Crippen molar-refractivity contribution in [2.75, 3.05) is 47.5 Å². The number of alkyl halides is 3. The molecule has 43 heavy (non-hydrogen) atoms. The smallest absolute Gasteiger partial charge is 0.382 e. The summed E-state index contributed by atoms with van der Waals surface area (Å²) in [6.07, 6.45) is -2.19. The molecule has 16 heteroatoms. The molecular formula is C27H26F5N7O3S. The number of urea groups is 1. The number of aromatic nitrogens is 3. The van der Waals surface area contributed by atoms with Gasteiger partial charge in [0.25, 0.3) is 0 Å². The third-order valence-electron chi connectivity index (χ3n) is 7.07. The van der Waals surface area contributed by atoms with E-state index in [0.29, 0.717) is 67.3 Å². The van der Waals surface area contributed by atoms with Gasteiger partial charge in [-0.1, -0.05) is 6.07 Å². The van der Waals surface area contributed by atoms with Gasteiger partial charge in [-0.05, 0) is 61.3 Å². The van der Waals surface area contributed by atoms with E-state index < -0.39 is 44.9 Å². The molecule has 1 aliphatic rings. The maximum Gasteiger partial charge on any atom is 0.416 e. The molecule has 1 saturated heterocycles. The molecule has 0 atom stereocenters. The first-order valence-electron chi connectivity index (χ1n) is 13.1. The highest BCUT2D eigenvalue weighted by Gasteiger charge is 2.31. The van der Waals surface area contributed by atoms with E-state index in [1.54, 1.807) is 10.6 Å². The van der Waals surface area contributed by atoms with Gasteiger partial charge in [0.1, 0.15) is 23.5 Å². The molecule has 0 bridgehead atoms. The van der Waals surface area contributed by atoms with E-state index in [0.717, 1.165) is 11.8 Å². The number of fused-ring (bicyclic) bond motifs is 1. The number of amides is 2. The summed E-state index contributed by atoms with van der Waals surface area (Å²) in [7, 11) is -2.98. The summed E-state index contributed by atoms with van der Waals surface area (Å²) in [5, 5.41) is 8.43. The molecule has 0 radical (unpaired) electrons. The van der Waals surface area contributed by atoms with Crippen LogP contribution in [0.15, 0.2) is 48.8 Å². The summed E-state index contributed by atoms with van der Waals surface area (Å²) in [5.74, 6) is -1.54. The summed E-state index contributed by atoms with van der Waals surface area (Å²) in [6.45, 7) is 1.63. The number of nitrogen functional groups attached to an aromatic ring is 1. The molecule has 4 aromatic rings. The molecule has 228 valence electrons. The number of benzene rings is 2. The summed E-state index contributed by atoms with van der Waals surface area (Å²) < 4.78 is 93.0. The summed E-state index contributed by atoms with van der Waals surface area (Å²) in [4.78, 5) is 18.5. The van der Waals surface area contributed by atoms with Crippen molar-refractivity contribution in [3.8, 4) is 11.1 Å². The molecular weight excluding hydrogens is 597 g/mol. The summed E-state index contributed by atoms with van der Waals surface area (Å²) >= 11 is 0. The van der Waals surface area contributed by atoms with Gasteiger partial charge in [-0.2, -0.15) is 18.3 Å². The lowest BCUT2D eigenvalue weighted by Gasteiger charge is -2.26. The second kappa shape index (κ2) is 11.8. The predicted octanol–water partition coefficient (Wildman–Crippen LogP) is 4.58. The van der Waals surface area contributed by atoms with E-state index in [1.807, 2.05) is 5.32 Å². The van der Waals surface area contributed by atoms with Gasteiger partial charge in [0.15, 0.2) is 15.7 Å². The number of rotatable bonds is 7. The quantitative estimate of drug-likeness (QED) is 0.257. The molecule has 10 nitrogen and oxygen atoms in total. The fraction of sp³-hybridized carbons (Fsp3) is 0.296. The van der Waals surface area contributed by atoms with Gasteiger partial charge in [-0.25, -0.2) is 31.5 Å². The number of nitrogens with one attached hydrogen (secondary N) is 2. The van der Waals surface area contributed by atoms with E-state index in [2.05, 4.69) is 20.3 Å². The molecule has 0 saturated carbocycles. The second-order valence-electron chi connectivity index (χ2n) is 10.0. The Balaban J connectivity index is 1.31. The van der Waals surface area contributed by atoms with Gasteiger partial charge in [0.2, 0.25) is 0 Å². The van der Waals surface area contributed by atoms with Crippen LogP contribution in [-0.2, 0) is 22.4 Å². The first kappa shape index (κ1) is 30.2.